The number of carbonyl (C=O) groups is 1. The lowest BCUT2D eigenvalue weighted by Crippen LogP contribution is -1.97. The van der Waals surface area contributed by atoms with Gasteiger partial charge in [-0.05, 0) is 30.0 Å². The van der Waals surface area contributed by atoms with Crippen molar-refractivity contribution in [3.63, 3.8) is 0 Å². The van der Waals surface area contributed by atoms with E-state index >= 15 is 0 Å². The van der Waals surface area contributed by atoms with Crippen molar-refractivity contribution in [3.05, 3.63) is 27.0 Å². The zero-order chi connectivity index (χ0) is 10.4. The van der Waals surface area contributed by atoms with Gasteiger partial charge in [-0.25, -0.2) is 4.79 Å². The van der Waals surface area contributed by atoms with Gasteiger partial charge in [-0.2, -0.15) is 0 Å². The number of aromatic carboxylic acids is 1. The molecular formula is C11H9NO2S. The van der Waals surface area contributed by atoms with E-state index < -0.39 is 5.97 Å². The molecule has 3 rings (SSSR count). The maximum absolute atomic E-state index is 10.9. The Kier molecular flexibility index (Phi) is 1.79. The first-order valence-corrected chi connectivity index (χ1v) is 5.68. The van der Waals surface area contributed by atoms with E-state index in [1.54, 1.807) is 6.07 Å². The van der Waals surface area contributed by atoms with Crippen LogP contribution in [0.1, 0.15) is 33.0 Å². The summed E-state index contributed by atoms with van der Waals surface area (Å²) in [4.78, 5) is 16.7. The van der Waals surface area contributed by atoms with Gasteiger partial charge in [-0.1, -0.05) is 0 Å². The zero-order valence-corrected chi connectivity index (χ0v) is 8.80. The highest BCUT2D eigenvalue weighted by Crippen LogP contribution is 2.40. The Morgan fingerprint density at radius 3 is 3.13 bits per heavy atom. The molecule has 2 heterocycles. The minimum Gasteiger partial charge on any atom is -0.477 e. The lowest BCUT2D eigenvalue weighted by atomic mass is 9.95. The van der Waals surface area contributed by atoms with E-state index in [0.717, 1.165) is 35.4 Å². The molecule has 0 radical (unpaired) electrons. The molecule has 1 aromatic rings. The predicted octanol–water partition coefficient (Wildman–Crippen LogP) is 2.58. The molecule has 1 N–H and O–H groups in total. The molecule has 3 nitrogen and oxygen atoms in total. The Hall–Kier alpha value is -1.42. The minimum atomic E-state index is -0.835. The van der Waals surface area contributed by atoms with E-state index in [1.807, 2.05) is 6.21 Å². The quantitative estimate of drug-likeness (QED) is 0.789. The van der Waals surface area contributed by atoms with Crippen LogP contribution in [0, 0.1) is 0 Å². The molecule has 76 valence electrons. The number of rotatable bonds is 1. The average Bonchev–Trinajstić information content (AvgIpc) is 2.82. The van der Waals surface area contributed by atoms with E-state index in [9.17, 15) is 4.79 Å². The highest BCUT2D eigenvalue weighted by molar-refractivity contribution is 7.15. The van der Waals surface area contributed by atoms with Crippen LogP contribution in [0.3, 0.4) is 0 Å². The maximum atomic E-state index is 10.9. The fraction of sp³-hybridized carbons (Fsp3) is 0.273. The molecule has 0 atom stereocenters. The lowest BCUT2D eigenvalue weighted by Gasteiger charge is -2.12. The van der Waals surface area contributed by atoms with E-state index in [0.29, 0.717) is 4.88 Å². The fourth-order valence-electron chi connectivity index (χ4n) is 2.08. The summed E-state index contributed by atoms with van der Waals surface area (Å²) in [7, 11) is 0. The average molecular weight is 219 g/mol. The van der Waals surface area contributed by atoms with E-state index in [-0.39, 0.29) is 0 Å². The molecule has 1 aromatic heterocycles. The van der Waals surface area contributed by atoms with Crippen molar-refractivity contribution >= 4 is 29.2 Å². The van der Waals surface area contributed by atoms with Gasteiger partial charge in [-0.3, -0.25) is 4.99 Å². The van der Waals surface area contributed by atoms with Crippen LogP contribution in [-0.2, 0) is 6.42 Å². The number of carboxylic acids is 1. The summed E-state index contributed by atoms with van der Waals surface area (Å²) in [6.07, 6.45) is 4.84. The van der Waals surface area contributed by atoms with Crippen molar-refractivity contribution in [1.29, 1.82) is 0 Å². The predicted molar refractivity (Wildman–Crippen MR) is 59.6 cm³/mol. The largest absolute Gasteiger partial charge is 0.477 e. The van der Waals surface area contributed by atoms with Crippen molar-refractivity contribution in [2.24, 2.45) is 4.99 Å². The van der Waals surface area contributed by atoms with Crippen LogP contribution in [0.4, 0.5) is 0 Å². The standard InChI is InChI=1S/C11H9NO2S/c13-11(14)8-5-7-2-1-6-3-4-12-9(6)10(7)15-8/h4-5H,1-3H2,(H,13,14). The van der Waals surface area contributed by atoms with Gasteiger partial charge in [-0.15, -0.1) is 11.3 Å². The number of fused-ring (bicyclic) bond motifs is 2. The van der Waals surface area contributed by atoms with Crippen LogP contribution in [0.15, 0.2) is 16.6 Å². The van der Waals surface area contributed by atoms with Crippen molar-refractivity contribution < 1.29 is 9.90 Å². The van der Waals surface area contributed by atoms with Crippen LogP contribution >= 0.6 is 11.3 Å². The first-order chi connectivity index (χ1) is 7.25. The molecule has 4 heteroatoms. The molecule has 1 aliphatic heterocycles. The monoisotopic (exact) mass is 219 g/mol. The topological polar surface area (TPSA) is 49.7 Å². The summed E-state index contributed by atoms with van der Waals surface area (Å²) in [5.74, 6) is -0.835. The van der Waals surface area contributed by atoms with Gasteiger partial charge in [0.05, 0.1) is 10.6 Å². The second-order valence-electron chi connectivity index (χ2n) is 3.74. The number of aryl methyl sites for hydroxylation is 1. The third kappa shape index (κ3) is 1.25. The summed E-state index contributed by atoms with van der Waals surface area (Å²) in [5.41, 5.74) is 3.55. The Morgan fingerprint density at radius 1 is 1.47 bits per heavy atom. The fourth-order valence-corrected chi connectivity index (χ4v) is 3.17. The van der Waals surface area contributed by atoms with Gasteiger partial charge in [0.1, 0.15) is 4.88 Å². The third-order valence-corrected chi connectivity index (χ3v) is 4.00. The number of carboxylic acid groups (broad SMARTS) is 1. The Balaban J connectivity index is 2.15. The molecule has 0 saturated carbocycles. The molecule has 0 unspecified atom stereocenters. The number of thiophene rings is 1. The van der Waals surface area contributed by atoms with Gasteiger partial charge in [0, 0.05) is 12.6 Å². The van der Waals surface area contributed by atoms with Crippen molar-refractivity contribution in [2.45, 2.75) is 19.3 Å². The molecule has 0 bridgehead atoms. The summed E-state index contributed by atoms with van der Waals surface area (Å²) >= 11 is 1.35. The summed E-state index contributed by atoms with van der Waals surface area (Å²) in [6.45, 7) is 0. The Bertz CT molecular complexity index is 511. The first kappa shape index (κ1) is 8.85. The first-order valence-electron chi connectivity index (χ1n) is 4.86. The molecule has 0 aromatic carbocycles. The van der Waals surface area contributed by atoms with Gasteiger partial charge < -0.3 is 5.11 Å². The minimum absolute atomic E-state index is 0.427. The number of nitrogens with zero attached hydrogens (tertiary/aromatic N) is 1. The van der Waals surface area contributed by atoms with Gasteiger partial charge in [0.15, 0.2) is 0 Å². The SMILES string of the molecule is O=C(O)c1cc2c(s1)C1=C(CC=N1)CC2. The smallest absolute Gasteiger partial charge is 0.345 e. The maximum Gasteiger partial charge on any atom is 0.345 e. The molecule has 0 fully saturated rings. The highest BCUT2D eigenvalue weighted by Gasteiger charge is 2.24. The van der Waals surface area contributed by atoms with E-state index in [2.05, 4.69) is 4.99 Å². The van der Waals surface area contributed by atoms with Crippen LogP contribution in [0.2, 0.25) is 0 Å². The zero-order valence-electron chi connectivity index (χ0n) is 7.99. The Labute approximate surface area is 90.8 Å². The lowest BCUT2D eigenvalue weighted by molar-refractivity contribution is 0.0702. The van der Waals surface area contributed by atoms with Crippen LogP contribution in [-0.4, -0.2) is 17.3 Å². The van der Waals surface area contributed by atoms with E-state index in [4.69, 9.17) is 5.11 Å². The van der Waals surface area contributed by atoms with Gasteiger partial charge >= 0.3 is 5.97 Å². The Morgan fingerprint density at radius 2 is 2.33 bits per heavy atom. The number of allylic oxidation sites excluding steroid dienone is 1. The van der Waals surface area contributed by atoms with Crippen LogP contribution in [0.5, 0.6) is 0 Å². The van der Waals surface area contributed by atoms with Crippen molar-refractivity contribution in [2.75, 3.05) is 0 Å². The second-order valence-corrected chi connectivity index (χ2v) is 4.79. The third-order valence-electron chi connectivity index (χ3n) is 2.82. The molecule has 15 heavy (non-hydrogen) atoms. The van der Waals surface area contributed by atoms with Gasteiger partial charge in [0.25, 0.3) is 0 Å². The summed E-state index contributed by atoms with van der Waals surface area (Å²) < 4.78 is 0. The van der Waals surface area contributed by atoms with Crippen molar-refractivity contribution in [3.8, 4) is 0 Å². The number of hydrogen-bond acceptors (Lipinski definition) is 3. The number of hydrogen-bond donors (Lipinski definition) is 1. The second kappa shape index (κ2) is 3.03. The van der Waals surface area contributed by atoms with Gasteiger partial charge in [0.2, 0.25) is 0 Å². The highest BCUT2D eigenvalue weighted by atomic mass is 32.1. The molecule has 2 aliphatic rings. The van der Waals surface area contributed by atoms with Crippen LogP contribution < -0.4 is 0 Å². The summed E-state index contributed by atoms with van der Waals surface area (Å²) in [5, 5.41) is 8.93. The van der Waals surface area contributed by atoms with E-state index in [1.165, 1.54) is 16.9 Å². The molecule has 0 amide bonds. The molecule has 0 saturated heterocycles. The molecular weight excluding hydrogens is 210 g/mol. The van der Waals surface area contributed by atoms with Crippen LogP contribution in [0.25, 0.3) is 5.70 Å². The van der Waals surface area contributed by atoms with Crippen molar-refractivity contribution in [1.82, 2.24) is 0 Å². The molecule has 1 aliphatic carbocycles. The molecule has 0 spiro atoms. The normalized spacial score (nSPS) is 17.9. The summed E-state index contributed by atoms with van der Waals surface area (Å²) in [6, 6.07) is 1.79. The number of aliphatic imine (C=N–C) groups is 1.